The van der Waals surface area contributed by atoms with Gasteiger partial charge < -0.3 is 10.5 Å². The molecule has 18 heavy (non-hydrogen) atoms. The largest absolute Gasteiger partial charge is 0.437 e. The Bertz CT molecular complexity index is 551. The van der Waals surface area contributed by atoms with E-state index in [1.807, 2.05) is 32.2 Å². The summed E-state index contributed by atoms with van der Waals surface area (Å²) in [5.41, 5.74) is 7.58. The van der Waals surface area contributed by atoms with Gasteiger partial charge in [0.25, 0.3) is 0 Å². The second-order valence-electron chi connectivity index (χ2n) is 4.06. The monoisotopic (exact) mass is 265 g/mol. The number of nitrogens with two attached hydrogens (primary N) is 1. The van der Waals surface area contributed by atoms with Crippen molar-refractivity contribution in [3.63, 3.8) is 0 Å². The first kappa shape index (κ1) is 12.9. The Balaban J connectivity index is 2.37. The summed E-state index contributed by atoms with van der Waals surface area (Å²) in [6.45, 7) is 2.51. The molecule has 0 fully saturated rings. The fraction of sp³-hybridized carbons (Fsp3) is 0.308. The zero-order chi connectivity index (χ0) is 13.1. The van der Waals surface area contributed by atoms with Gasteiger partial charge >= 0.3 is 0 Å². The van der Waals surface area contributed by atoms with Crippen LogP contribution in [-0.2, 0) is 13.5 Å². The first-order valence-electron chi connectivity index (χ1n) is 5.78. The third-order valence-electron chi connectivity index (χ3n) is 2.73. The van der Waals surface area contributed by atoms with Crippen LogP contribution in [0.25, 0.3) is 0 Å². The molecule has 0 saturated heterocycles. The van der Waals surface area contributed by atoms with Crippen LogP contribution in [0.5, 0.6) is 11.6 Å². The molecular formula is C13H16ClN3O. The van der Waals surface area contributed by atoms with E-state index in [-0.39, 0.29) is 0 Å². The zero-order valence-electron chi connectivity index (χ0n) is 10.5. The number of hydrogen-bond acceptors (Lipinski definition) is 3. The van der Waals surface area contributed by atoms with Crippen LogP contribution < -0.4 is 10.5 Å². The van der Waals surface area contributed by atoms with Crippen molar-refractivity contribution in [1.29, 1.82) is 0 Å². The number of rotatable bonds is 4. The van der Waals surface area contributed by atoms with Gasteiger partial charge in [-0.05, 0) is 32.0 Å². The van der Waals surface area contributed by atoms with Crippen LogP contribution in [-0.4, -0.2) is 16.3 Å². The average molecular weight is 266 g/mol. The van der Waals surface area contributed by atoms with Crippen molar-refractivity contribution in [2.45, 2.75) is 13.3 Å². The van der Waals surface area contributed by atoms with Gasteiger partial charge in [-0.1, -0.05) is 23.7 Å². The van der Waals surface area contributed by atoms with E-state index < -0.39 is 0 Å². The van der Waals surface area contributed by atoms with E-state index in [1.54, 1.807) is 10.7 Å². The Morgan fingerprint density at radius 3 is 2.78 bits per heavy atom. The van der Waals surface area contributed by atoms with Crippen molar-refractivity contribution in [3.05, 3.63) is 40.5 Å². The summed E-state index contributed by atoms with van der Waals surface area (Å²) in [5, 5.41) is 4.93. The molecule has 0 bridgehead atoms. The second kappa shape index (κ2) is 5.42. The number of benzene rings is 1. The van der Waals surface area contributed by atoms with Crippen LogP contribution in [0, 0.1) is 6.92 Å². The van der Waals surface area contributed by atoms with Crippen LogP contribution in [0.3, 0.4) is 0 Å². The van der Waals surface area contributed by atoms with Crippen molar-refractivity contribution in [3.8, 4) is 11.6 Å². The first-order chi connectivity index (χ1) is 8.63. The van der Waals surface area contributed by atoms with Crippen LogP contribution in [0.1, 0.15) is 11.3 Å². The van der Waals surface area contributed by atoms with E-state index in [2.05, 4.69) is 5.10 Å². The van der Waals surface area contributed by atoms with E-state index in [0.29, 0.717) is 23.2 Å². The number of hydrogen-bond donors (Lipinski definition) is 1. The summed E-state index contributed by atoms with van der Waals surface area (Å²) in [7, 11) is 1.85. The molecule has 2 N–H and O–H groups in total. The molecule has 0 atom stereocenters. The molecule has 1 heterocycles. The predicted molar refractivity (Wildman–Crippen MR) is 72.2 cm³/mol. The van der Waals surface area contributed by atoms with Gasteiger partial charge in [0.1, 0.15) is 5.75 Å². The topological polar surface area (TPSA) is 53.1 Å². The molecule has 0 spiro atoms. The van der Waals surface area contributed by atoms with Gasteiger partial charge in [0, 0.05) is 12.6 Å². The molecule has 96 valence electrons. The molecule has 1 aromatic heterocycles. The van der Waals surface area contributed by atoms with Gasteiger partial charge in [0.05, 0.1) is 10.7 Å². The highest BCUT2D eigenvalue weighted by Gasteiger charge is 2.15. The second-order valence-corrected chi connectivity index (χ2v) is 4.47. The van der Waals surface area contributed by atoms with Crippen molar-refractivity contribution in [2.75, 3.05) is 6.54 Å². The van der Waals surface area contributed by atoms with Gasteiger partial charge in [-0.15, -0.1) is 0 Å². The Hall–Kier alpha value is -1.52. The Labute approximate surface area is 111 Å². The number of halogens is 1. The zero-order valence-corrected chi connectivity index (χ0v) is 11.2. The molecule has 0 amide bonds. The third-order valence-corrected chi connectivity index (χ3v) is 3.04. The molecule has 0 saturated carbocycles. The summed E-state index contributed by atoms with van der Waals surface area (Å²) in [5.74, 6) is 1.33. The Kier molecular flexibility index (Phi) is 3.89. The molecule has 0 aliphatic carbocycles. The van der Waals surface area contributed by atoms with Crippen LogP contribution >= 0.6 is 11.6 Å². The minimum absolute atomic E-state index is 0.561. The standard InChI is InChI=1S/C13H16ClN3O/c1-9-10(7-8-15)13(17(2)16-9)18-12-6-4-3-5-11(12)14/h3-6H,7-8,15H2,1-2H3. The molecule has 0 unspecified atom stereocenters. The predicted octanol–water partition coefficient (Wildman–Crippen LogP) is 2.68. The van der Waals surface area contributed by atoms with Crippen LogP contribution in [0.4, 0.5) is 0 Å². The number of ether oxygens (including phenoxy) is 1. The molecule has 1 aromatic carbocycles. The average Bonchev–Trinajstić information content (AvgIpc) is 2.59. The SMILES string of the molecule is Cc1nn(C)c(Oc2ccccc2Cl)c1CCN. The summed E-state index contributed by atoms with van der Waals surface area (Å²) < 4.78 is 7.57. The number of aryl methyl sites for hydroxylation is 2. The highest BCUT2D eigenvalue weighted by atomic mass is 35.5. The summed E-state index contributed by atoms with van der Waals surface area (Å²) in [4.78, 5) is 0. The number of aromatic nitrogens is 2. The fourth-order valence-corrected chi connectivity index (χ4v) is 2.05. The van der Waals surface area contributed by atoms with Gasteiger partial charge in [-0.25, -0.2) is 4.68 Å². The van der Waals surface area contributed by atoms with E-state index in [0.717, 1.165) is 17.7 Å². The Morgan fingerprint density at radius 1 is 1.39 bits per heavy atom. The maximum absolute atomic E-state index is 6.08. The van der Waals surface area contributed by atoms with Gasteiger partial charge in [-0.2, -0.15) is 5.10 Å². The van der Waals surface area contributed by atoms with E-state index in [1.165, 1.54) is 0 Å². The van der Waals surface area contributed by atoms with Crippen molar-refractivity contribution in [2.24, 2.45) is 12.8 Å². The number of para-hydroxylation sites is 1. The van der Waals surface area contributed by atoms with E-state index >= 15 is 0 Å². The van der Waals surface area contributed by atoms with E-state index in [4.69, 9.17) is 22.1 Å². The maximum atomic E-state index is 6.08. The lowest BCUT2D eigenvalue weighted by atomic mass is 10.2. The molecule has 2 aromatic rings. The highest BCUT2D eigenvalue weighted by molar-refractivity contribution is 6.32. The smallest absolute Gasteiger partial charge is 0.221 e. The van der Waals surface area contributed by atoms with E-state index in [9.17, 15) is 0 Å². The first-order valence-corrected chi connectivity index (χ1v) is 6.16. The summed E-state index contributed by atoms with van der Waals surface area (Å²) in [6, 6.07) is 7.37. The molecule has 2 rings (SSSR count). The maximum Gasteiger partial charge on any atom is 0.221 e. The lowest BCUT2D eigenvalue weighted by molar-refractivity contribution is 0.426. The molecule has 0 aliphatic rings. The molecule has 0 radical (unpaired) electrons. The molecular weight excluding hydrogens is 250 g/mol. The van der Waals surface area contributed by atoms with Crippen LogP contribution in [0.2, 0.25) is 5.02 Å². The third kappa shape index (κ3) is 2.49. The minimum atomic E-state index is 0.561. The fourth-order valence-electron chi connectivity index (χ4n) is 1.87. The highest BCUT2D eigenvalue weighted by Crippen LogP contribution is 2.31. The minimum Gasteiger partial charge on any atom is -0.437 e. The molecule has 4 nitrogen and oxygen atoms in total. The normalized spacial score (nSPS) is 10.7. The van der Waals surface area contributed by atoms with Crippen molar-refractivity contribution < 1.29 is 4.74 Å². The summed E-state index contributed by atoms with van der Waals surface area (Å²) in [6.07, 6.45) is 0.736. The Morgan fingerprint density at radius 2 is 2.11 bits per heavy atom. The lowest BCUT2D eigenvalue weighted by Gasteiger charge is -2.09. The molecule has 0 aliphatic heterocycles. The summed E-state index contributed by atoms with van der Waals surface area (Å²) >= 11 is 6.08. The van der Waals surface area contributed by atoms with Crippen molar-refractivity contribution >= 4 is 11.6 Å². The number of nitrogens with zero attached hydrogens (tertiary/aromatic N) is 2. The van der Waals surface area contributed by atoms with Gasteiger partial charge in [0.2, 0.25) is 5.88 Å². The molecule has 5 heteroatoms. The van der Waals surface area contributed by atoms with Crippen LogP contribution in [0.15, 0.2) is 24.3 Å². The van der Waals surface area contributed by atoms with Gasteiger partial charge in [0.15, 0.2) is 0 Å². The quantitative estimate of drug-likeness (QED) is 0.925. The van der Waals surface area contributed by atoms with Gasteiger partial charge in [-0.3, -0.25) is 0 Å². The van der Waals surface area contributed by atoms with Crippen molar-refractivity contribution in [1.82, 2.24) is 9.78 Å². The lowest BCUT2D eigenvalue weighted by Crippen LogP contribution is -2.05.